The lowest BCUT2D eigenvalue weighted by molar-refractivity contribution is -0.107. The van der Waals surface area contributed by atoms with Crippen LogP contribution in [0.2, 0.25) is 0 Å². The topological polar surface area (TPSA) is 40.5 Å². The molecule has 90 valence electrons. The lowest BCUT2D eigenvalue weighted by Gasteiger charge is -2.10. The number of phenols is 1. The molecule has 0 bridgehead atoms. The molecule has 1 amide bonds. The molecule has 3 aromatic rings. The first-order valence-corrected chi connectivity index (χ1v) is 6.61. The van der Waals surface area contributed by atoms with Crippen molar-refractivity contribution in [2.24, 2.45) is 0 Å². The quantitative estimate of drug-likeness (QED) is 0.715. The van der Waals surface area contributed by atoms with Crippen molar-refractivity contribution in [3.63, 3.8) is 0 Å². The lowest BCUT2D eigenvalue weighted by Crippen LogP contribution is -2.13. The molecule has 0 fully saturated rings. The summed E-state index contributed by atoms with van der Waals surface area (Å²) in [7, 11) is 2.28. The molecule has 1 aromatic heterocycles. The van der Waals surface area contributed by atoms with Gasteiger partial charge in [0.2, 0.25) is 6.41 Å². The Morgan fingerprint density at radius 1 is 1.11 bits per heavy atom. The van der Waals surface area contributed by atoms with Crippen molar-refractivity contribution in [3.05, 3.63) is 36.4 Å². The molecule has 0 saturated carbocycles. The molecule has 0 saturated heterocycles. The zero-order valence-corrected chi connectivity index (χ0v) is 10.8. The molecule has 3 nitrogen and oxygen atoms in total. The number of benzene rings is 2. The Kier molecular flexibility index (Phi) is 2.49. The Morgan fingerprint density at radius 2 is 1.78 bits per heavy atom. The molecule has 1 unspecified atom stereocenters. The molecule has 0 radical (unpaired) electrons. The van der Waals surface area contributed by atoms with Gasteiger partial charge >= 0.3 is 0 Å². The molecule has 0 aliphatic rings. The van der Waals surface area contributed by atoms with Gasteiger partial charge in [-0.15, -0.1) is 8.19 Å². The smallest absolute Gasteiger partial charge is 0.213 e. The van der Waals surface area contributed by atoms with Crippen LogP contribution in [0.4, 0.5) is 5.69 Å². The molecule has 2 aromatic carbocycles. The van der Waals surface area contributed by atoms with E-state index < -0.39 is 0 Å². The fourth-order valence-corrected chi connectivity index (χ4v) is 3.60. The van der Waals surface area contributed by atoms with Gasteiger partial charge in [0.15, 0.2) is 0 Å². The van der Waals surface area contributed by atoms with Crippen LogP contribution in [-0.2, 0) is 4.79 Å². The van der Waals surface area contributed by atoms with E-state index in [-0.39, 0.29) is 0 Å². The third kappa shape index (κ3) is 1.64. The SMILES string of the molecule is CN(C=O)c1ccc2c(c1)[pH]c1cc(O)ccc12. The summed E-state index contributed by atoms with van der Waals surface area (Å²) in [6.07, 6.45) is 0.804. The number of hydrogen-bond acceptors (Lipinski definition) is 2. The summed E-state index contributed by atoms with van der Waals surface area (Å²) < 4.78 is 0. The molecule has 18 heavy (non-hydrogen) atoms. The van der Waals surface area contributed by atoms with Gasteiger partial charge in [-0.1, -0.05) is 6.07 Å². The van der Waals surface area contributed by atoms with E-state index in [2.05, 4.69) is 0 Å². The van der Waals surface area contributed by atoms with E-state index in [1.165, 1.54) is 15.9 Å². The molecule has 0 aliphatic carbocycles. The highest BCUT2D eigenvalue weighted by Gasteiger charge is 2.06. The molecular weight excluding hydrogens is 245 g/mol. The molecule has 1 atom stereocenters. The van der Waals surface area contributed by atoms with E-state index in [0.29, 0.717) is 13.9 Å². The van der Waals surface area contributed by atoms with Crippen LogP contribution >= 0.6 is 8.19 Å². The average molecular weight is 257 g/mol. The monoisotopic (exact) mass is 257 g/mol. The molecule has 1 N–H and O–H groups in total. The summed E-state index contributed by atoms with van der Waals surface area (Å²) in [4.78, 5) is 12.3. The largest absolute Gasteiger partial charge is 0.508 e. The van der Waals surface area contributed by atoms with Crippen LogP contribution in [0.3, 0.4) is 0 Å². The van der Waals surface area contributed by atoms with Crippen LogP contribution in [-0.4, -0.2) is 18.6 Å². The summed E-state index contributed by atoms with van der Waals surface area (Å²) in [6, 6.07) is 11.5. The summed E-state index contributed by atoms with van der Waals surface area (Å²) >= 11 is 0. The number of amides is 1. The van der Waals surface area contributed by atoms with Crippen LogP contribution < -0.4 is 4.90 Å². The van der Waals surface area contributed by atoms with Crippen molar-refractivity contribution in [1.29, 1.82) is 0 Å². The van der Waals surface area contributed by atoms with Crippen molar-refractivity contribution in [1.82, 2.24) is 0 Å². The maximum atomic E-state index is 10.8. The number of carbonyl (C=O) groups is 1. The number of fused-ring (bicyclic) bond motifs is 3. The minimum atomic E-state index is 0.305. The van der Waals surface area contributed by atoms with E-state index in [1.807, 2.05) is 30.3 Å². The Morgan fingerprint density at radius 3 is 2.50 bits per heavy atom. The van der Waals surface area contributed by atoms with Gasteiger partial charge in [-0.2, -0.15) is 0 Å². The Balaban J connectivity index is 2.29. The van der Waals surface area contributed by atoms with Crippen LogP contribution in [0.15, 0.2) is 36.4 Å². The summed E-state index contributed by atoms with van der Waals surface area (Å²) in [5.74, 6) is 0.305. The molecule has 1 heterocycles. The third-order valence-corrected chi connectivity index (χ3v) is 4.50. The zero-order chi connectivity index (χ0) is 12.7. The van der Waals surface area contributed by atoms with E-state index in [1.54, 1.807) is 18.0 Å². The predicted molar refractivity (Wildman–Crippen MR) is 77.1 cm³/mol. The second-order valence-electron chi connectivity index (χ2n) is 4.30. The first-order chi connectivity index (χ1) is 8.69. The number of anilines is 1. The number of phenolic OH excluding ortho intramolecular Hbond substituents is 1. The van der Waals surface area contributed by atoms with Crippen molar-refractivity contribution in [2.45, 2.75) is 0 Å². The lowest BCUT2D eigenvalue weighted by atomic mass is 10.1. The van der Waals surface area contributed by atoms with Crippen LogP contribution in [0.1, 0.15) is 0 Å². The highest BCUT2D eigenvalue weighted by Crippen LogP contribution is 2.40. The Bertz CT molecular complexity index is 748. The minimum Gasteiger partial charge on any atom is -0.508 e. The van der Waals surface area contributed by atoms with E-state index >= 15 is 0 Å². The normalized spacial score (nSPS) is 11.4. The summed E-state index contributed by atoms with van der Waals surface area (Å²) in [5.41, 5.74) is 0.897. The van der Waals surface area contributed by atoms with Gasteiger partial charge in [0.05, 0.1) is 0 Å². The molecule has 0 aliphatic heterocycles. The zero-order valence-electron chi connectivity index (χ0n) is 9.84. The fraction of sp³-hybridized carbons (Fsp3) is 0.0714. The Hall–Kier alpha value is -1.99. The van der Waals surface area contributed by atoms with Crippen LogP contribution in [0, 0.1) is 0 Å². The van der Waals surface area contributed by atoms with E-state index in [0.717, 1.165) is 17.2 Å². The van der Waals surface area contributed by atoms with Gasteiger partial charge in [-0.05, 0) is 41.1 Å². The molecular formula is C14H12NO2P. The molecule has 3 rings (SSSR count). The third-order valence-electron chi connectivity index (χ3n) is 3.13. The molecule has 0 spiro atoms. The number of carbonyl (C=O) groups excluding carboxylic acids is 1. The average Bonchev–Trinajstić information content (AvgIpc) is 2.73. The van der Waals surface area contributed by atoms with Crippen LogP contribution in [0.5, 0.6) is 5.75 Å². The van der Waals surface area contributed by atoms with Crippen molar-refractivity contribution < 1.29 is 9.90 Å². The van der Waals surface area contributed by atoms with Crippen molar-refractivity contribution in [2.75, 3.05) is 11.9 Å². The van der Waals surface area contributed by atoms with Crippen molar-refractivity contribution >= 4 is 41.3 Å². The van der Waals surface area contributed by atoms with E-state index in [9.17, 15) is 9.90 Å². The first kappa shape index (κ1) is 11.1. The van der Waals surface area contributed by atoms with Gasteiger partial charge in [-0.25, -0.2) is 0 Å². The van der Waals surface area contributed by atoms with Gasteiger partial charge in [0, 0.05) is 23.0 Å². The second-order valence-corrected chi connectivity index (χ2v) is 5.63. The number of rotatable bonds is 2. The fourth-order valence-electron chi connectivity index (χ4n) is 2.17. The summed E-state index contributed by atoms with van der Waals surface area (Å²) in [5, 5.41) is 14.3. The molecule has 4 heteroatoms. The number of hydrogen-bond donors (Lipinski definition) is 1. The second kappa shape index (κ2) is 4.04. The predicted octanol–water partition coefficient (Wildman–Crippen LogP) is 3.32. The van der Waals surface area contributed by atoms with Crippen LogP contribution in [0.25, 0.3) is 21.0 Å². The number of nitrogens with zero attached hydrogens (tertiary/aromatic N) is 1. The van der Waals surface area contributed by atoms with Crippen molar-refractivity contribution in [3.8, 4) is 5.75 Å². The summed E-state index contributed by atoms with van der Waals surface area (Å²) in [6.45, 7) is 0. The van der Waals surface area contributed by atoms with Gasteiger partial charge in [0.25, 0.3) is 0 Å². The number of aromatic hydroxyl groups is 1. The highest BCUT2D eigenvalue weighted by molar-refractivity contribution is 7.43. The van der Waals surface area contributed by atoms with Gasteiger partial charge in [-0.3, -0.25) is 4.79 Å². The first-order valence-electron chi connectivity index (χ1n) is 5.61. The Labute approximate surface area is 106 Å². The standard InChI is InChI=1S/C14H12NO2P/c1-15(8-16)9-2-4-11-12-5-3-10(17)7-14(12)18-13(11)6-9/h2-8,17-18H,1H3. The van der Waals surface area contributed by atoms with E-state index in [4.69, 9.17) is 0 Å². The highest BCUT2D eigenvalue weighted by atomic mass is 31.0. The minimum absolute atomic E-state index is 0.305. The van der Waals surface area contributed by atoms with Gasteiger partial charge < -0.3 is 10.0 Å². The maximum absolute atomic E-state index is 10.8. The maximum Gasteiger partial charge on any atom is 0.213 e. The van der Waals surface area contributed by atoms with Gasteiger partial charge in [0.1, 0.15) is 5.75 Å².